The van der Waals surface area contributed by atoms with Crippen LogP contribution in [0.5, 0.6) is 5.75 Å². The second-order valence-corrected chi connectivity index (χ2v) is 5.61. The van der Waals surface area contributed by atoms with Gasteiger partial charge in [0.25, 0.3) is 5.91 Å². The molecular weight excluding hydrogens is 311 g/mol. The third-order valence-electron chi connectivity index (χ3n) is 3.73. The molecule has 3 rings (SSSR count). The Morgan fingerprint density at radius 1 is 1.29 bits per heavy atom. The first-order valence-corrected chi connectivity index (χ1v) is 7.62. The Kier molecular flexibility index (Phi) is 4.46. The van der Waals surface area contributed by atoms with Crippen LogP contribution in [0.2, 0.25) is 0 Å². The van der Waals surface area contributed by atoms with Crippen LogP contribution in [0.1, 0.15) is 12.0 Å². The number of halogens is 1. The van der Waals surface area contributed by atoms with Gasteiger partial charge in [-0.25, -0.2) is 4.39 Å². The number of rotatable bonds is 4. The van der Waals surface area contributed by atoms with Crippen LogP contribution in [0, 0.1) is 12.7 Å². The fourth-order valence-corrected chi connectivity index (χ4v) is 2.56. The van der Waals surface area contributed by atoms with Gasteiger partial charge in [0.1, 0.15) is 11.6 Å². The second-order valence-electron chi connectivity index (χ2n) is 5.61. The minimum Gasteiger partial charge on any atom is -0.482 e. The highest BCUT2D eigenvalue weighted by molar-refractivity contribution is 5.99. The van der Waals surface area contributed by atoms with Crippen LogP contribution in [-0.2, 0) is 9.59 Å². The summed E-state index contributed by atoms with van der Waals surface area (Å²) in [6, 6.07) is 11.3. The highest BCUT2D eigenvalue weighted by atomic mass is 19.1. The van der Waals surface area contributed by atoms with Crippen LogP contribution in [-0.4, -0.2) is 25.0 Å². The first-order valence-electron chi connectivity index (χ1n) is 7.62. The zero-order valence-electron chi connectivity index (χ0n) is 13.2. The first kappa shape index (κ1) is 16.0. The van der Waals surface area contributed by atoms with E-state index in [-0.39, 0.29) is 31.4 Å². The summed E-state index contributed by atoms with van der Waals surface area (Å²) in [5, 5.41) is 2.62. The SMILES string of the molecule is Cc1ccc2c(c1)N(CCC(=O)Nc1cccc(F)c1)C(=O)CO2. The molecule has 1 aliphatic rings. The van der Waals surface area contributed by atoms with Crippen molar-refractivity contribution in [1.82, 2.24) is 0 Å². The summed E-state index contributed by atoms with van der Waals surface area (Å²) in [6.07, 6.45) is 0.107. The minimum absolute atomic E-state index is 0.0401. The van der Waals surface area contributed by atoms with Crippen LogP contribution < -0.4 is 15.0 Å². The Labute approximate surface area is 139 Å². The fourth-order valence-electron chi connectivity index (χ4n) is 2.56. The van der Waals surface area contributed by atoms with E-state index in [9.17, 15) is 14.0 Å². The Morgan fingerprint density at radius 2 is 2.12 bits per heavy atom. The molecule has 6 heteroatoms. The highest BCUT2D eigenvalue weighted by Crippen LogP contribution is 2.32. The topological polar surface area (TPSA) is 58.6 Å². The van der Waals surface area contributed by atoms with Gasteiger partial charge in [-0.2, -0.15) is 0 Å². The average molecular weight is 328 g/mol. The Bertz CT molecular complexity index is 792. The van der Waals surface area contributed by atoms with Gasteiger partial charge in [-0.15, -0.1) is 0 Å². The van der Waals surface area contributed by atoms with Gasteiger partial charge in [0.05, 0.1) is 5.69 Å². The molecule has 0 fully saturated rings. The molecule has 5 nitrogen and oxygen atoms in total. The number of hydrogen-bond acceptors (Lipinski definition) is 3. The molecule has 2 aromatic rings. The molecule has 0 unspecified atom stereocenters. The normalized spacial score (nSPS) is 13.2. The average Bonchev–Trinajstić information content (AvgIpc) is 2.54. The molecule has 0 saturated carbocycles. The van der Waals surface area contributed by atoms with Crippen molar-refractivity contribution in [3.05, 3.63) is 53.8 Å². The van der Waals surface area contributed by atoms with E-state index in [4.69, 9.17) is 4.74 Å². The molecule has 2 aromatic carbocycles. The summed E-state index contributed by atoms with van der Waals surface area (Å²) in [5.74, 6) is -0.257. The summed E-state index contributed by atoms with van der Waals surface area (Å²) >= 11 is 0. The lowest BCUT2D eigenvalue weighted by Crippen LogP contribution is -2.40. The summed E-state index contributed by atoms with van der Waals surface area (Å²) in [7, 11) is 0. The molecular formula is C18H17FN2O3. The minimum atomic E-state index is -0.416. The summed E-state index contributed by atoms with van der Waals surface area (Å²) in [5.41, 5.74) is 2.07. The van der Waals surface area contributed by atoms with E-state index < -0.39 is 5.82 Å². The largest absolute Gasteiger partial charge is 0.482 e. The molecule has 0 radical (unpaired) electrons. The highest BCUT2D eigenvalue weighted by Gasteiger charge is 2.25. The standard InChI is InChI=1S/C18H17FN2O3/c1-12-5-6-16-15(9-12)21(18(23)11-24-16)8-7-17(22)20-14-4-2-3-13(19)10-14/h2-6,9-10H,7-8,11H2,1H3,(H,20,22). The van der Waals surface area contributed by atoms with Gasteiger partial charge in [-0.3, -0.25) is 9.59 Å². The van der Waals surface area contributed by atoms with E-state index in [1.165, 1.54) is 18.2 Å². The van der Waals surface area contributed by atoms with Crippen molar-refractivity contribution in [1.29, 1.82) is 0 Å². The maximum atomic E-state index is 13.1. The lowest BCUT2D eigenvalue weighted by atomic mass is 10.1. The van der Waals surface area contributed by atoms with Crippen molar-refractivity contribution < 1.29 is 18.7 Å². The van der Waals surface area contributed by atoms with Gasteiger partial charge in [-0.05, 0) is 42.8 Å². The van der Waals surface area contributed by atoms with Gasteiger partial charge in [0.2, 0.25) is 5.91 Å². The van der Waals surface area contributed by atoms with Crippen LogP contribution in [0.25, 0.3) is 0 Å². The number of benzene rings is 2. The van der Waals surface area contributed by atoms with Gasteiger partial charge < -0.3 is 15.0 Å². The third kappa shape index (κ3) is 3.53. The van der Waals surface area contributed by atoms with Crippen molar-refractivity contribution in [2.75, 3.05) is 23.4 Å². The van der Waals surface area contributed by atoms with E-state index in [0.29, 0.717) is 17.1 Å². The molecule has 2 amide bonds. The number of nitrogens with one attached hydrogen (secondary N) is 1. The molecule has 124 valence electrons. The Hall–Kier alpha value is -2.89. The number of ether oxygens (including phenoxy) is 1. The van der Waals surface area contributed by atoms with Gasteiger partial charge in [-0.1, -0.05) is 12.1 Å². The lowest BCUT2D eigenvalue weighted by Gasteiger charge is -2.29. The van der Waals surface area contributed by atoms with E-state index in [1.807, 2.05) is 25.1 Å². The molecule has 1 heterocycles. The molecule has 1 aliphatic heterocycles. The van der Waals surface area contributed by atoms with E-state index in [1.54, 1.807) is 11.0 Å². The maximum Gasteiger partial charge on any atom is 0.265 e. The number of amides is 2. The zero-order chi connectivity index (χ0) is 17.1. The molecule has 0 saturated heterocycles. The molecule has 0 aliphatic carbocycles. The van der Waals surface area contributed by atoms with Gasteiger partial charge >= 0.3 is 0 Å². The van der Waals surface area contributed by atoms with Crippen molar-refractivity contribution in [2.24, 2.45) is 0 Å². The Balaban J connectivity index is 1.67. The summed E-state index contributed by atoms with van der Waals surface area (Å²) in [4.78, 5) is 25.7. The number of carbonyl (C=O) groups excluding carboxylic acids is 2. The quantitative estimate of drug-likeness (QED) is 0.939. The zero-order valence-corrected chi connectivity index (χ0v) is 13.2. The van der Waals surface area contributed by atoms with Crippen LogP contribution >= 0.6 is 0 Å². The third-order valence-corrected chi connectivity index (χ3v) is 3.73. The van der Waals surface area contributed by atoms with Crippen molar-refractivity contribution in [3.8, 4) is 5.75 Å². The van der Waals surface area contributed by atoms with Crippen LogP contribution in [0.4, 0.5) is 15.8 Å². The molecule has 1 N–H and O–H groups in total. The number of carbonyl (C=O) groups is 2. The van der Waals surface area contributed by atoms with E-state index in [0.717, 1.165) is 5.56 Å². The number of anilines is 2. The number of nitrogens with zero attached hydrogens (tertiary/aromatic N) is 1. The van der Waals surface area contributed by atoms with Crippen molar-refractivity contribution in [2.45, 2.75) is 13.3 Å². The van der Waals surface area contributed by atoms with Crippen molar-refractivity contribution >= 4 is 23.2 Å². The summed E-state index contributed by atoms with van der Waals surface area (Å²) in [6.45, 7) is 2.12. The van der Waals surface area contributed by atoms with Crippen molar-refractivity contribution in [3.63, 3.8) is 0 Å². The molecule has 24 heavy (non-hydrogen) atoms. The van der Waals surface area contributed by atoms with Crippen LogP contribution in [0.3, 0.4) is 0 Å². The predicted molar refractivity (Wildman–Crippen MR) is 88.7 cm³/mol. The van der Waals surface area contributed by atoms with Gasteiger partial charge in [0.15, 0.2) is 6.61 Å². The Morgan fingerprint density at radius 3 is 2.92 bits per heavy atom. The second kappa shape index (κ2) is 6.70. The van der Waals surface area contributed by atoms with E-state index in [2.05, 4.69) is 5.32 Å². The monoisotopic (exact) mass is 328 g/mol. The molecule has 0 bridgehead atoms. The number of aryl methyl sites for hydroxylation is 1. The van der Waals surface area contributed by atoms with E-state index >= 15 is 0 Å². The molecule has 0 spiro atoms. The number of hydrogen-bond donors (Lipinski definition) is 1. The maximum absolute atomic E-state index is 13.1. The fraction of sp³-hybridized carbons (Fsp3) is 0.222. The molecule has 0 aromatic heterocycles. The lowest BCUT2D eigenvalue weighted by molar-refractivity contribution is -0.121. The molecule has 0 atom stereocenters. The first-order chi connectivity index (χ1) is 11.5. The van der Waals surface area contributed by atoms with Gasteiger partial charge in [0, 0.05) is 18.7 Å². The number of fused-ring (bicyclic) bond motifs is 1. The smallest absolute Gasteiger partial charge is 0.265 e. The predicted octanol–water partition coefficient (Wildman–Crippen LogP) is 2.89. The summed E-state index contributed by atoms with van der Waals surface area (Å²) < 4.78 is 18.5. The van der Waals surface area contributed by atoms with Crippen LogP contribution in [0.15, 0.2) is 42.5 Å².